The monoisotopic (exact) mass is 293 g/mol. The molecule has 1 N–H and O–H groups in total. The van der Waals surface area contributed by atoms with Crippen LogP contribution in [0.2, 0.25) is 0 Å². The van der Waals surface area contributed by atoms with Crippen LogP contribution >= 0.6 is 11.3 Å². The summed E-state index contributed by atoms with van der Waals surface area (Å²) < 4.78 is 18.7. The molecule has 0 fully saturated rings. The lowest BCUT2D eigenvalue weighted by atomic mass is 10.1. The van der Waals surface area contributed by atoms with Crippen molar-refractivity contribution in [2.45, 2.75) is 32.9 Å². The van der Waals surface area contributed by atoms with E-state index in [1.165, 1.54) is 21.9 Å². The van der Waals surface area contributed by atoms with Crippen molar-refractivity contribution in [2.24, 2.45) is 0 Å². The zero-order chi connectivity index (χ0) is 14.7. The highest BCUT2D eigenvalue weighted by molar-refractivity contribution is 7.12. The van der Waals surface area contributed by atoms with Gasteiger partial charge in [0, 0.05) is 27.4 Å². The van der Waals surface area contributed by atoms with Crippen LogP contribution in [-0.4, -0.2) is 7.11 Å². The second-order valence-electron chi connectivity index (χ2n) is 4.94. The summed E-state index contributed by atoms with van der Waals surface area (Å²) in [7, 11) is 1.61. The Labute approximate surface area is 123 Å². The van der Waals surface area contributed by atoms with E-state index in [0.29, 0.717) is 5.75 Å². The molecule has 0 aliphatic rings. The molecule has 0 saturated heterocycles. The van der Waals surface area contributed by atoms with Crippen LogP contribution in [0.1, 0.15) is 41.2 Å². The Morgan fingerprint density at radius 1 is 1.15 bits per heavy atom. The third kappa shape index (κ3) is 3.38. The van der Waals surface area contributed by atoms with Crippen molar-refractivity contribution in [2.75, 3.05) is 7.11 Å². The van der Waals surface area contributed by atoms with Gasteiger partial charge in [-0.1, -0.05) is 0 Å². The number of halogens is 1. The molecule has 2 nitrogen and oxygen atoms in total. The first-order valence-corrected chi connectivity index (χ1v) is 7.48. The lowest BCUT2D eigenvalue weighted by molar-refractivity contribution is 0.395. The fraction of sp³-hybridized carbons (Fsp3) is 0.375. The fourth-order valence-electron chi connectivity index (χ4n) is 2.28. The molecular formula is C16H20FNOS. The molecule has 2 atom stereocenters. The maximum atomic E-state index is 13.4. The number of hydrogen-bond acceptors (Lipinski definition) is 3. The van der Waals surface area contributed by atoms with Gasteiger partial charge < -0.3 is 10.1 Å². The summed E-state index contributed by atoms with van der Waals surface area (Å²) in [6.45, 7) is 6.24. The molecule has 1 aromatic heterocycles. The molecule has 0 spiro atoms. The van der Waals surface area contributed by atoms with Crippen molar-refractivity contribution in [1.29, 1.82) is 0 Å². The van der Waals surface area contributed by atoms with E-state index in [1.807, 2.05) is 6.92 Å². The van der Waals surface area contributed by atoms with E-state index in [4.69, 9.17) is 4.74 Å². The summed E-state index contributed by atoms with van der Waals surface area (Å²) in [5.41, 5.74) is 0.840. The van der Waals surface area contributed by atoms with Gasteiger partial charge >= 0.3 is 0 Å². The molecule has 0 aliphatic carbocycles. The smallest absolute Gasteiger partial charge is 0.123 e. The third-order valence-electron chi connectivity index (χ3n) is 3.35. The minimum atomic E-state index is -0.242. The SMILES string of the molecule is COc1ccc(F)cc1C(C)NC(C)c1ccc(C)s1. The van der Waals surface area contributed by atoms with Crippen molar-refractivity contribution >= 4 is 11.3 Å². The Balaban J connectivity index is 2.15. The normalized spacial score (nSPS) is 14.1. The maximum Gasteiger partial charge on any atom is 0.123 e. The van der Waals surface area contributed by atoms with E-state index in [9.17, 15) is 4.39 Å². The van der Waals surface area contributed by atoms with Crippen molar-refractivity contribution < 1.29 is 9.13 Å². The van der Waals surface area contributed by atoms with Gasteiger partial charge in [0.05, 0.1) is 7.11 Å². The first-order valence-electron chi connectivity index (χ1n) is 6.67. The Morgan fingerprint density at radius 3 is 2.50 bits per heavy atom. The van der Waals surface area contributed by atoms with Gasteiger partial charge in [-0.3, -0.25) is 0 Å². The zero-order valence-corrected chi connectivity index (χ0v) is 13.1. The molecule has 2 aromatic rings. The molecule has 2 unspecified atom stereocenters. The Hall–Kier alpha value is -1.39. The number of methoxy groups -OCH3 is 1. The molecule has 0 amide bonds. The lowest BCUT2D eigenvalue weighted by Crippen LogP contribution is -2.22. The van der Waals surface area contributed by atoms with Gasteiger partial charge in [0.1, 0.15) is 11.6 Å². The molecular weight excluding hydrogens is 273 g/mol. The number of nitrogens with one attached hydrogen (secondary N) is 1. The van der Waals surface area contributed by atoms with E-state index in [1.54, 1.807) is 24.5 Å². The molecule has 1 aromatic carbocycles. The van der Waals surface area contributed by atoms with Gasteiger partial charge in [0.25, 0.3) is 0 Å². The van der Waals surface area contributed by atoms with Crippen LogP contribution in [-0.2, 0) is 0 Å². The van der Waals surface area contributed by atoms with Crippen LogP contribution in [0.25, 0.3) is 0 Å². The Kier molecular flexibility index (Phi) is 4.78. The van der Waals surface area contributed by atoms with Crippen molar-refractivity contribution in [3.8, 4) is 5.75 Å². The highest BCUT2D eigenvalue weighted by atomic mass is 32.1. The fourth-order valence-corrected chi connectivity index (χ4v) is 3.17. The number of ether oxygens (including phenoxy) is 1. The molecule has 0 saturated carbocycles. The van der Waals surface area contributed by atoms with E-state index in [0.717, 1.165) is 5.56 Å². The number of thiophene rings is 1. The highest BCUT2D eigenvalue weighted by Crippen LogP contribution is 2.29. The Morgan fingerprint density at radius 2 is 1.90 bits per heavy atom. The molecule has 20 heavy (non-hydrogen) atoms. The zero-order valence-electron chi connectivity index (χ0n) is 12.2. The minimum Gasteiger partial charge on any atom is -0.496 e. The van der Waals surface area contributed by atoms with Gasteiger partial charge in [-0.25, -0.2) is 4.39 Å². The van der Waals surface area contributed by atoms with Crippen LogP contribution in [0.3, 0.4) is 0 Å². The molecule has 4 heteroatoms. The van der Waals surface area contributed by atoms with E-state index in [-0.39, 0.29) is 17.9 Å². The summed E-state index contributed by atoms with van der Waals surface area (Å²) in [6.07, 6.45) is 0. The van der Waals surface area contributed by atoms with Crippen molar-refractivity contribution in [3.63, 3.8) is 0 Å². The lowest BCUT2D eigenvalue weighted by Gasteiger charge is -2.21. The average Bonchev–Trinajstić information content (AvgIpc) is 2.85. The van der Waals surface area contributed by atoms with Gasteiger partial charge in [-0.15, -0.1) is 11.3 Å². The summed E-state index contributed by atoms with van der Waals surface area (Å²) in [5, 5.41) is 3.49. The predicted octanol–water partition coefficient (Wildman–Crippen LogP) is 4.62. The van der Waals surface area contributed by atoms with Crippen LogP contribution in [0, 0.1) is 12.7 Å². The number of aryl methyl sites for hydroxylation is 1. The number of rotatable bonds is 5. The number of hydrogen-bond donors (Lipinski definition) is 1. The van der Waals surface area contributed by atoms with Crippen molar-refractivity contribution in [1.82, 2.24) is 5.32 Å². The van der Waals surface area contributed by atoms with Crippen LogP contribution in [0.4, 0.5) is 4.39 Å². The van der Waals surface area contributed by atoms with E-state index in [2.05, 4.69) is 31.3 Å². The predicted molar refractivity (Wildman–Crippen MR) is 82.0 cm³/mol. The molecule has 108 valence electrons. The summed E-state index contributed by atoms with van der Waals surface area (Å²) in [5.74, 6) is 0.468. The Bertz CT molecular complexity index is 582. The quantitative estimate of drug-likeness (QED) is 0.868. The second-order valence-corrected chi connectivity index (χ2v) is 6.26. The van der Waals surface area contributed by atoms with Gasteiger partial charge in [-0.2, -0.15) is 0 Å². The maximum absolute atomic E-state index is 13.4. The molecule has 1 heterocycles. The minimum absolute atomic E-state index is 0.0121. The summed E-state index contributed by atoms with van der Waals surface area (Å²) >= 11 is 1.78. The standard InChI is InChI=1S/C16H20FNOS/c1-10-5-8-16(20-10)12(3)18-11(2)14-9-13(17)6-7-15(14)19-4/h5-9,11-12,18H,1-4H3. The van der Waals surface area contributed by atoms with Gasteiger partial charge in [-0.05, 0) is 51.1 Å². The number of benzene rings is 1. The van der Waals surface area contributed by atoms with E-state index < -0.39 is 0 Å². The summed E-state index contributed by atoms with van der Waals surface area (Å²) in [4.78, 5) is 2.58. The largest absolute Gasteiger partial charge is 0.496 e. The highest BCUT2D eigenvalue weighted by Gasteiger charge is 2.16. The van der Waals surface area contributed by atoms with Gasteiger partial charge in [0.15, 0.2) is 0 Å². The van der Waals surface area contributed by atoms with Crippen LogP contribution in [0.5, 0.6) is 5.75 Å². The van der Waals surface area contributed by atoms with E-state index >= 15 is 0 Å². The average molecular weight is 293 g/mol. The molecule has 2 rings (SSSR count). The topological polar surface area (TPSA) is 21.3 Å². The summed E-state index contributed by atoms with van der Waals surface area (Å²) in [6, 6.07) is 9.10. The molecule has 0 aliphatic heterocycles. The van der Waals surface area contributed by atoms with Crippen LogP contribution in [0.15, 0.2) is 30.3 Å². The second kappa shape index (κ2) is 6.37. The first-order chi connectivity index (χ1) is 9.51. The van der Waals surface area contributed by atoms with Crippen molar-refractivity contribution in [3.05, 3.63) is 51.5 Å². The van der Waals surface area contributed by atoms with Gasteiger partial charge in [0.2, 0.25) is 0 Å². The first kappa shape index (κ1) is 15.0. The van der Waals surface area contributed by atoms with Crippen LogP contribution < -0.4 is 10.1 Å². The molecule has 0 bridgehead atoms. The molecule has 0 radical (unpaired) electrons. The third-order valence-corrected chi connectivity index (χ3v) is 4.53.